The maximum atomic E-state index is 13.3. The number of rotatable bonds is 3. The number of furan rings is 1. The lowest BCUT2D eigenvalue weighted by Gasteiger charge is -2.17. The maximum absolute atomic E-state index is 13.3. The van der Waals surface area contributed by atoms with E-state index in [1.54, 1.807) is 11.8 Å². The highest BCUT2D eigenvalue weighted by atomic mass is 16.3. The summed E-state index contributed by atoms with van der Waals surface area (Å²) in [6.07, 6.45) is 1.87. The van der Waals surface area contributed by atoms with E-state index in [4.69, 9.17) is 9.40 Å². The first-order chi connectivity index (χ1) is 14.5. The molecule has 3 aromatic rings. The Labute approximate surface area is 174 Å². The third-order valence-electron chi connectivity index (χ3n) is 6.28. The van der Waals surface area contributed by atoms with Gasteiger partial charge in [0.1, 0.15) is 11.5 Å². The number of Topliss-reactive ketones (excluding diaryl/α,β-unsaturated/α-hetero) is 1. The molecule has 0 bridgehead atoms. The number of hydrogen-bond acceptors (Lipinski definition) is 5. The van der Waals surface area contributed by atoms with E-state index in [0.717, 1.165) is 23.0 Å². The number of hydrogen-bond donors (Lipinski definition) is 1. The molecule has 1 N–H and O–H groups in total. The molecular formula is C24H24N2O4. The first kappa shape index (κ1) is 19.0. The SMILES string of the molecule is Cc1oc2c(c1C(=O)N1C[C@@H](Cc3ccc4ccccc4n3)[C@H](O)C1)C(=O)CCC2. The van der Waals surface area contributed by atoms with Crippen LogP contribution in [-0.2, 0) is 12.8 Å². The molecule has 2 atom stereocenters. The standard InChI is InChI=1S/C24H24N2O4/c1-14-22(23-19(27)7-4-8-21(23)30-14)24(29)26-12-16(20(28)13-26)11-17-10-9-15-5-2-3-6-18(15)25-17/h2-3,5-6,9-10,16,20,28H,4,7-8,11-13H2,1H3/t16-,20-/m1/s1. The first-order valence-electron chi connectivity index (χ1n) is 10.5. The van der Waals surface area contributed by atoms with Crippen LogP contribution >= 0.6 is 0 Å². The molecule has 6 nitrogen and oxygen atoms in total. The highest BCUT2D eigenvalue weighted by Gasteiger charge is 2.38. The van der Waals surface area contributed by atoms with Gasteiger partial charge in [0, 0.05) is 42.9 Å². The van der Waals surface area contributed by atoms with Gasteiger partial charge in [-0.25, -0.2) is 0 Å². The van der Waals surface area contributed by atoms with Crippen LogP contribution in [0, 0.1) is 12.8 Å². The van der Waals surface area contributed by atoms with Gasteiger partial charge in [0.2, 0.25) is 0 Å². The number of likely N-dealkylation sites (tertiary alicyclic amines) is 1. The zero-order valence-electron chi connectivity index (χ0n) is 16.9. The molecule has 2 aliphatic rings. The van der Waals surface area contributed by atoms with Crippen LogP contribution in [0.3, 0.4) is 0 Å². The van der Waals surface area contributed by atoms with Gasteiger partial charge in [-0.2, -0.15) is 0 Å². The topological polar surface area (TPSA) is 83.6 Å². The summed E-state index contributed by atoms with van der Waals surface area (Å²) in [5.74, 6) is 0.786. The Morgan fingerprint density at radius 1 is 1.20 bits per heavy atom. The number of fused-ring (bicyclic) bond motifs is 2. The fourth-order valence-corrected chi connectivity index (χ4v) is 4.73. The minimum Gasteiger partial charge on any atom is -0.465 e. The summed E-state index contributed by atoms with van der Waals surface area (Å²) in [5, 5.41) is 11.7. The largest absolute Gasteiger partial charge is 0.465 e. The van der Waals surface area contributed by atoms with Crippen LogP contribution in [0.25, 0.3) is 10.9 Å². The van der Waals surface area contributed by atoms with Crippen molar-refractivity contribution in [2.24, 2.45) is 5.92 Å². The van der Waals surface area contributed by atoms with E-state index in [2.05, 4.69) is 0 Å². The van der Waals surface area contributed by atoms with Crippen molar-refractivity contribution in [2.45, 2.75) is 38.7 Å². The predicted octanol–water partition coefficient (Wildman–Crippen LogP) is 3.33. The molecule has 0 spiro atoms. The number of amides is 1. The molecule has 154 valence electrons. The number of carbonyl (C=O) groups is 2. The van der Waals surface area contributed by atoms with E-state index in [1.807, 2.05) is 36.4 Å². The molecule has 1 fully saturated rings. The Morgan fingerprint density at radius 2 is 2.03 bits per heavy atom. The van der Waals surface area contributed by atoms with Gasteiger partial charge in [-0.3, -0.25) is 14.6 Å². The number of aryl methyl sites for hydroxylation is 2. The van der Waals surface area contributed by atoms with E-state index < -0.39 is 6.10 Å². The first-order valence-corrected chi connectivity index (χ1v) is 10.5. The van der Waals surface area contributed by atoms with Crippen LogP contribution in [0.4, 0.5) is 0 Å². The van der Waals surface area contributed by atoms with E-state index in [9.17, 15) is 14.7 Å². The summed E-state index contributed by atoms with van der Waals surface area (Å²) in [4.78, 5) is 32.0. The van der Waals surface area contributed by atoms with Gasteiger partial charge in [0.05, 0.1) is 22.7 Å². The molecule has 0 unspecified atom stereocenters. The van der Waals surface area contributed by atoms with Crippen molar-refractivity contribution in [3.63, 3.8) is 0 Å². The number of aromatic nitrogens is 1. The van der Waals surface area contributed by atoms with E-state index >= 15 is 0 Å². The number of ketones is 1. The Kier molecular flexibility index (Phi) is 4.66. The summed E-state index contributed by atoms with van der Waals surface area (Å²) in [5.41, 5.74) is 2.66. The van der Waals surface area contributed by atoms with Crippen molar-refractivity contribution in [3.05, 3.63) is 64.7 Å². The fourth-order valence-electron chi connectivity index (χ4n) is 4.73. The molecule has 3 heterocycles. The number of pyridine rings is 1. The highest BCUT2D eigenvalue weighted by molar-refractivity contribution is 6.10. The van der Waals surface area contributed by atoms with Crippen molar-refractivity contribution in [1.29, 1.82) is 0 Å². The van der Waals surface area contributed by atoms with Crippen molar-refractivity contribution in [3.8, 4) is 0 Å². The number of aliphatic hydroxyl groups excluding tert-OH is 1. The zero-order chi connectivity index (χ0) is 20.8. The molecule has 6 heteroatoms. The molecule has 1 amide bonds. The molecule has 1 aromatic carbocycles. The maximum Gasteiger partial charge on any atom is 0.258 e. The van der Waals surface area contributed by atoms with Gasteiger partial charge in [-0.1, -0.05) is 24.3 Å². The minimum atomic E-state index is -0.624. The summed E-state index contributed by atoms with van der Waals surface area (Å²) in [7, 11) is 0. The number of nitrogens with zero attached hydrogens (tertiary/aromatic N) is 2. The second-order valence-electron chi connectivity index (χ2n) is 8.35. The molecule has 30 heavy (non-hydrogen) atoms. The number of aliphatic hydroxyl groups is 1. The van der Waals surface area contributed by atoms with Crippen LogP contribution in [0.15, 0.2) is 40.8 Å². The van der Waals surface area contributed by atoms with Gasteiger partial charge < -0.3 is 14.4 Å². The third kappa shape index (κ3) is 3.21. The monoisotopic (exact) mass is 404 g/mol. The van der Waals surface area contributed by atoms with Crippen LogP contribution in [0.2, 0.25) is 0 Å². The van der Waals surface area contributed by atoms with Crippen LogP contribution < -0.4 is 0 Å². The highest BCUT2D eigenvalue weighted by Crippen LogP contribution is 2.32. The normalized spacial score (nSPS) is 21.3. The summed E-state index contributed by atoms with van der Waals surface area (Å²) in [6, 6.07) is 11.9. The molecule has 2 aromatic heterocycles. The molecule has 1 aliphatic carbocycles. The van der Waals surface area contributed by atoms with Gasteiger partial charge in [-0.05, 0) is 31.9 Å². The van der Waals surface area contributed by atoms with Crippen molar-refractivity contribution in [2.75, 3.05) is 13.1 Å². The lowest BCUT2D eigenvalue weighted by molar-refractivity contribution is 0.0758. The number of carbonyl (C=O) groups excluding carboxylic acids is 2. The molecule has 1 saturated heterocycles. The molecular weight excluding hydrogens is 380 g/mol. The van der Waals surface area contributed by atoms with E-state index in [-0.39, 0.29) is 24.2 Å². The Balaban J connectivity index is 1.36. The molecule has 0 saturated carbocycles. The van der Waals surface area contributed by atoms with Crippen molar-refractivity contribution >= 4 is 22.6 Å². The quantitative estimate of drug-likeness (QED) is 0.724. The zero-order valence-corrected chi connectivity index (χ0v) is 16.9. The van der Waals surface area contributed by atoms with E-state index in [0.29, 0.717) is 48.5 Å². The number of benzene rings is 1. The van der Waals surface area contributed by atoms with E-state index in [1.165, 1.54) is 0 Å². The second-order valence-corrected chi connectivity index (χ2v) is 8.35. The Bertz CT molecular complexity index is 1150. The van der Waals surface area contributed by atoms with Crippen LogP contribution in [-0.4, -0.2) is 45.9 Å². The van der Waals surface area contributed by atoms with Crippen molar-refractivity contribution in [1.82, 2.24) is 9.88 Å². The Morgan fingerprint density at radius 3 is 2.90 bits per heavy atom. The molecule has 5 rings (SSSR count). The summed E-state index contributed by atoms with van der Waals surface area (Å²) in [6.45, 7) is 2.43. The second kappa shape index (κ2) is 7.36. The minimum absolute atomic E-state index is 0.0203. The van der Waals surface area contributed by atoms with Crippen LogP contribution in [0.5, 0.6) is 0 Å². The predicted molar refractivity (Wildman–Crippen MR) is 112 cm³/mol. The van der Waals surface area contributed by atoms with Crippen molar-refractivity contribution < 1.29 is 19.1 Å². The average molecular weight is 404 g/mol. The molecule has 1 aliphatic heterocycles. The fraction of sp³-hybridized carbons (Fsp3) is 0.375. The number of β-amino-alcohol motifs (C(OH)–C–C–N with tert-alkyl or cyclic N) is 1. The summed E-state index contributed by atoms with van der Waals surface area (Å²) < 4.78 is 5.74. The number of para-hydroxylation sites is 1. The smallest absolute Gasteiger partial charge is 0.258 e. The average Bonchev–Trinajstić information content (AvgIpc) is 3.27. The third-order valence-corrected chi connectivity index (χ3v) is 6.28. The van der Waals surface area contributed by atoms with Gasteiger partial charge in [-0.15, -0.1) is 0 Å². The van der Waals surface area contributed by atoms with Gasteiger partial charge in [0.25, 0.3) is 5.91 Å². The van der Waals surface area contributed by atoms with Gasteiger partial charge >= 0.3 is 0 Å². The van der Waals surface area contributed by atoms with Crippen LogP contribution in [0.1, 0.15) is 50.8 Å². The lowest BCUT2D eigenvalue weighted by atomic mass is 9.93. The summed E-state index contributed by atoms with van der Waals surface area (Å²) >= 11 is 0. The molecule has 0 radical (unpaired) electrons. The van der Waals surface area contributed by atoms with Gasteiger partial charge in [0.15, 0.2) is 5.78 Å². The Hall–Kier alpha value is -2.99. The lowest BCUT2D eigenvalue weighted by Crippen LogP contribution is -2.31.